The van der Waals surface area contributed by atoms with Gasteiger partial charge < -0.3 is 9.80 Å². The van der Waals surface area contributed by atoms with Crippen LogP contribution >= 0.6 is 0 Å². The van der Waals surface area contributed by atoms with Gasteiger partial charge in [0.25, 0.3) is 0 Å². The van der Waals surface area contributed by atoms with Gasteiger partial charge in [-0.1, -0.05) is 38.3 Å². The number of aryl methyl sites for hydroxylation is 1. The molecule has 0 spiro atoms. The van der Waals surface area contributed by atoms with Gasteiger partial charge in [0.2, 0.25) is 11.8 Å². The molecule has 0 radical (unpaired) electrons. The Kier molecular flexibility index (Phi) is 5.77. The molecule has 0 N–H and O–H groups in total. The molecule has 4 heteroatoms. The van der Waals surface area contributed by atoms with Crippen molar-refractivity contribution in [1.82, 2.24) is 4.90 Å². The Labute approximate surface area is 151 Å². The molecule has 1 saturated carbocycles. The zero-order valence-electron chi connectivity index (χ0n) is 15.5. The third kappa shape index (κ3) is 3.88. The summed E-state index contributed by atoms with van der Waals surface area (Å²) in [6.45, 7) is 5.45. The van der Waals surface area contributed by atoms with Crippen molar-refractivity contribution in [3.05, 3.63) is 29.8 Å². The van der Waals surface area contributed by atoms with Crippen LogP contribution in [0.5, 0.6) is 0 Å². The molecule has 1 aliphatic heterocycles. The maximum absolute atomic E-state index is 13.0. The summed E-state index contributed by atoms with van der Waals surface area (Å²) in [5.41, 5.74) is 2.18. The zero-order valence-corrected chi connectivity index (χ0v) is 15.5. The molecular weight excluding hydrogens is 312 g/mol. The van der Waals surface area contributed by atoms with Crippen LogP contribution in [0.25, 0.3) is 0 Å². The van der Waals surface area contributed by atoms with Gasteiger partial charge in [0.15, 0.2) is 0 Å². The largest absolute Gasteiger partial charge is 0.340 e. The third-order valence-corrected chi connectivity index (χ3v) is 5.77. The maximum Gasteiger partial charge on any atom is 0.228 e. The lowest BCUT2D eigenvalue weighted by Crippen LogP contribution is -2.45. The van der Waals surface area contributed by atoms with Gasteiger partial charge in [-0.25, -0.2) is 0 Å². The summed E-state index contributed by atoms with van der Waals surface area (Å²) in [6.07, 6.45) is 7.28. The molecular formula is C21H30N2O2. The highest BCUT2D eigenvalue weighted by atomic mass is 16.2. The number of hydrogen-bond donors (Lipinski definition) is 0. The summed E-state index contributed by atoms with van der Waals surface area (Å²) < 4.78 is 0. The van der Waals surface area contributed by atoms with Gasteiger partial charge in [-0.15, -0.1) is 0 Å². The lowest BCUT2D eigenvalue weighted by Gasteiger charge is -2.35. The average Bonchev–Trinajstić information content (AvgIpc) is 3.05. The van der Waals surface area contributed by atoms with E-state index in [4.69, 9.17) is 0 Å². The van der Waals surface area contributed by atoms with Crippen LogP contribution in [0.15, 0.2) is 24.3 Å². The van der Waals surface area contributed by atoms with E-state index in [1.165, 1.54) is 24.8 Å². The van der Waals surface area contributed by atoms with Crippen LogP contribution in [0.2, 0.25) is 0 Å². The van der Waals surface area contributed by atoms with Crippen molar-refractivity contribution in [1.29, 1.82) is 0 Å². The van der Waals surface area contributed by atoms with E-state index in [2.05, 4.69) is 26.0 Å². The summed E-state index contributed by atoms with van der Waals surface area (Å²) in [6, 6.07) is 8.51. The van der Waals surface area contributed by atoms with Crippen LogP contribution in [0.1, 0.15) is 57.9 Å². The quantitative estimate of drug-likeness (QED) is 0.817. The van der Waals surface area contributed by atoms with Gasteiger partial charge in [-0.3, -0.25) is 9.59 Å². The highest BCUT2D eigenvalue weighted by Crippen LogP contribution is 2.29. The number of amides is 2. The first-order valence-corrected chi connectivity index (χ1v) is 9.83. The molecule has 4 nitrogen and oxygen atoms in total. The molecule has 0 aromatic heterocycles. The molecule has 1 aromatic rings. The zero-order chi connectivity index (χ0) is 17.8. The van der Waals surface area contributed by atoms with Crippen LogP contribution < -0.4 is 4.90 Å². The van der Waals surface area contributed by atoms with Gasteiger partial charge >= 0.3 is 0 Å². The summed E-state index contributed by atoms with van der Waals surface area (Å²) in [4.78, 5) is 29.4. The van der Waals surface area contributed by atoms with Crippen molar-refractivity contribution >= 4 is 17.5 Å². The predicted octanol–water partition coefficient (Wildman–Crippen LogP) is 3.78. The maximum atomic E-state index is 13.0. The Morgan fingerprint density at radius 1 is 1.12 bits per heavy atom. The van der Waals surface area contributed by atoms with E-state index < -0.39 is 0 Å². The summed E-state index contributed by atoms with van der Waals surface area (Å²) in [5.74, 6) is 0.0537. The first-order chi connectivity index (χ1) is 12.1. The molecule has 25 heavy (non-hydrogen) atoms. The molecule has 0 bridgehead atoms. The first-order valence-electron chi connectivity index (χ1n) is 9.83. The molecule has 1 aliphatic carbocycles. The Morgan fingerprint density at radius 2 is 1.80 bits per heavy atom. The topological polar surface area (TPSA) is 40.6 Å². The minimum atomic E-state index is -0.194. The van der Waals surface area contributed by atoms with E-state index in [-0.39, 0.29) is 17.7 Å². The number of carbonyl (C=O) groups is 2. The van der Waals surface area contributed by atoms with Crippen molar-refractivity contribution in [2.45, 2.75) is 64.8 Å². The van der Waals surface area contributed by atoms with Crippen LogP contribution in [-0.2, 0) is 16.0 Å². The van der Waals surface area contributed by atoms with E-state index in [1.54, 1.807) is 4.90 Å². The Bertz CT molecular complexity index is 605. The Balaban J connectivity index is 1.68. The smallest absolute Gasteiger partial charge is 0.228 e. The second-order valence-electron chi connectivity index (χ2n) is 7.34. The molecule has 136 valence electrons. The number of nitrogens with zero attached hydrogens (tertiary/aromatic N) is 2. The molecule has 2 amide bonds. The number of hydrogen-bond acceptors (Lipinski definition) is 2. The summed E-state index contributed by atoms with van der Waals surface area (Å²) in [7, 11) is 0. The first kappa shape index (κ1) is 18.0. The fraction of sp³-hybridized carbons (Fsp3) is 0.619. The van der Waals surface area contributed by atoms with E-state index in [9.17, 15) is 9.59 Å². The van der Waals surface area contributed by atoms with E-state index in [1.807, 2.05) is 17.0 Å². The second-order valence-corrected chi connectivity index (χ2v) is 7.34. The third-order valence-electron chi connectivity index (χ3n) is 5.77. The van der Waals surface area contributed by atoms with E-state index in [0.29, 0.717) is 19.0 Å². The molecule has 1 atom stereocenters. The van der Waals surface area contributed by atoms with Crippen molar-refractivity contribution in [3.8, 4) is 0 Å². The highest BCUT2D eigenvalue weighted by Gasteiger charge is 2.38. The molecule has 2 aliphatic rings. The average molecular weight is 342 g/mol. The second kappa shape index (κ2) is 8.03. The number of rotatable bonds is 5. The van der Waals surface area contributed by atoms with E-state index >= 15 is 0 Å². The summed E-state index contributed by atoms with van der Waals surface area (Å²) >= 11 is 0. The predicted molar refractivity (Wildman–Crippen MR) is 101 cm³/mol. The van der Waals surface area contributed by atoms with Crippen LogP contribution in [0, 0.1) is 5.92 Å². The number of carbonyl (C=O) groups excluding carboxylic acids is 2. The van der Waals surface area contributed by atoms with Crippen molar-refractivity contribution in [3.63, 3.8) is 0 Å². The number of anilines is 1. The summed E-state index contributed by atoms with van der Waals surface area (Å²) in [5, 5.41) is 0. The lowest BCUT2D eigenvalue weighted by atomic mass is 9.93. The molecule has 1 heterocycles. The minimum Gasteiger partial charge on any atom is -0.340 e. The van der Waals surface area contributed by atoms with Crippen LogP contribution in [0.4, 0.5) is 5.69 Å². The highest BCUT2D eigenvalue weighted by molar-refractivity contribution is 6.00. The molecule has 1 aromatic carbocycles. The van der Waals surface area contributed by atoms with Crippen LogP contribution in [0.3, 0.4) is 0 Å². The standard InChI is InChI=1S/C21H30N2O2/c1-3-16-10-12-19(13-11-16)23-15-17(14-20(23)24)21(25)22(4-2)18-8-6-5-7-9-18/h10-13,17-18H,3-9,14-15H2,1-2H3. The monoisotopic (exact) mass is 342 g/mol. The van der Waals surface area contributed by atoms with Crippen molar-refractivity contribution < 1.29 is 9.59 Å². The van der Waals surface area contributed by atoms with Crippen molar-refractivity contribution in [2.24, 2.45) is 5.92 Å². The molecule has 1 saturated heterocycles. The van der Waals surface area contributed by atoms with Gasteiger partial charge in [0, 0.05) is 31.2 Å². The fourth-order valence-corrected chi connectivity index (χ4v) is 4.26. The molecule has 2 fully saturated rings. The Hall–Kier alpha value is -1.84. The normalized spacial score (nSPS) is 21.6. The fourth-order valence-electron chi connectivity index (χ4n) is 4.26. The molecule has 3 rings (SSSR count). The Morgan fingerprint density at radius 3 is 2.40 bits per heavy atom. The SMILES string of the molecule is CCc1ccc(N2CC(C(=O)N(CC)C3CCCCC3)CC2=O)cc1. The lowest BCUT2D eigenvalue weighted by molar-refractivity contribution is -0.138. The van der Waals surface area contributed by atoms with Gasteiger partial charge in [-0.2, -0.15) is 0 Å². The van der Waals surface area contributed by atoms with E-state index in [0.717, 1.165) is 31.5 Å². The minimum absolute atomic E-state index is 0.0716. The van der Waals surface area contributed by atoms with Gasteiger partial charge in [-0.05, 0) is 43.9 Å². The van der Waals surface area contributed by atoms with Crippen molar-refractivity contribution in [2.75, 3.05) is 18.0 Å². The molecule has 1 unspecified atom stereocenters. The van der Waals surface area contributed by atoms with Crippen LogP contribution in [-0.4, -0.2) is 35.8 Å². The number of benzene rings is 1. The van der Waals surface area contributed by atoms with Gasteiger partial charge in [0.1, 0.15) is 0 Å². The van der Waals surface area contributed by atoms with Gasteiger partial charge in [0.05, 0.1) is 5.92 Å².